The Morgan fingerprint density at radius 1 is 0.643 bits per heavy atom. The van der Waals surface area contributed by atoms with Gasteiger partial charge in [-0.2, -0.15) is 0 Å². The van der Waals surface area contributed by atoms with Gasteiger partial charge >= 0.3 is 0 Å². The Morgan fingerprint density at radius 2 is 1.00 bits per heavy atom. The zero-order valence-electron chi connectivity index (χ0n) is 9.13. The summed E-state index contributed by atoms with van der Waals surface area (Å²) in [5.41, 5.74) is 1.27. The van der Waals surface area contributed by atoms with Gasteiger partial charge in [-0.05, 0) is 25.7 Å². The molecule has 0 saturated heterocycles. The van der Waals surface area contributed by atoms with Crippen LogP contribution in [0.5, 0.6) is 0 Å². The summed E-state index contributed by atoms with van der Waals surface area (Å²) in [6.45, 7) is 0. The van der Waals surface area contributed by atoms with Gasteiger partial charge in [-0.3, -0.25) is 0 Å². The summed E-state index contributed by atoms with van der Waals surface area (Å²) in [6.07, 6.45) is 13.2. The maximum atomic E-state index is 12.3. The van der Waals surface area contributed by atoms with Crippen molar-refractivity contribution in [2.75, 3.05) is 0 Å². The SMILES string of the molecule is O=[Si](C1CCCCC1)C1CCCCC1. The van der Waals surface area contributed by atoms with Crippen molar-refractivity contribution in [1.29, 1.82) is 0 Å². The molecule has 0 aromatic heterocycles. The highest BCUT2D eigenvalue weighted by Gasteiger charge is 2.30. The first kappa shape index (κ1) is 10.5. The lowest BCUT2D eigenvalue weighted by Crippen LogP contribution is -2.21. The third kappa shape index (κ3) is 2.53. The zero-order valence-corrected chi connectivity index (χ0v) is 10.1. The van der Waals surface area contributed by atoms with Crippen molar-refractivity contribution in [2.24, 2.45) is 0 Å². The lowest BCUT2D eigenvalue weighted by molar-refractivity contribution is 0.424. The molecule has 2 saturated carbocycles. The van der Waals surface area contributed by atoms with E-state index in [0.29, 0.717) is 11.1 Å². The van der Waals surface area contributed by atoms with Crippen molar-refractivity contribution in [3.05, 3.63) is 0 Å². The van der Waals surface area contributed by atoms with Crippen LogP contribution in [0.4, 0.5) is 0 Å². The summed E-state index contributed by atoms with van der Waals surface area (Å²) >= 11 is 0. The van der Waals surface area contributed by atoms with Crippen LogP contribution < -0.4 is 0 Å². The van der Waals surface area contributed by atoms with Gasteiger partial charge in [-0.15, -0.1) is 0 Å². The molecule has 0 amide bonds. The minimum Gasteiger partial charge on any atom is -0.388 e. The molecular weight excluding hydrogens is 188 g/mol. The Balaban J connectivity index is 1.85. The maximum Gasteiger partial charge on any atom is 0.283 e. The molecule has 0 heterocycles. The first-order valence-corrected chi connectivity index (χ1v) is 7.98. The molecule has 2 fully saturated rings. The van der Waals surface area contributed by atoms with Crippen LogP contribution in [0, 0.1) is 0 Å². The Kier molecular flexibility index (Phi) is 3.91. The van der Waals surface area contributed by atoms with Crippen LogP contribution in [0.1, 0.15) is 64.2 Å². The summed E-state index contributed by atoms with van der Waals surface area (Å²) in [4.78, 5) is 0. The van der Waals surface area contributed by atoms with Crippen molar-refractivity contribution in [2.45, 2.75) is 75.3 Å². The molecule has 0 spiro atoms. The molecule has 2 aliphatic rings. The van der Waals surface area contributed by atoms with Crippen LogP contribution in [0.3, 0.4) is 0 Å². The predicted octanol–water partition coefficient (Wildman–Crippen LogP) is 4.08. The van der Waals surface area contributed by atoms with E-state index >= 15 is 0 Å². The van der Waals surface area contributed by atoms with E-state index in [-0.39, 0.29) is 0 Å². The standard InChI is InChI=1S/C12H22OSi/c13-14(11-7-3-1-4-8-11)12-9-5-2-6-10-12/h11-12H,1-10H2. The van der Waals surface area contributed by atoms with E-state index in [4.69, 9.17) is 0 Å². The zero-order chi connectivity index (χ0) is 9.80. The highest BCUT2D eigenvalue weighted by atomic mass is 28.3. The first-order valence-electron chi connectivity index (χ1n) is 6.41. The molecule has 0 atom stereocenters. The van der Waals surface area contributed by atoms with E-state index in [0.717, 1.165) is 0 Å². The van der Waals surface area contributed by atoms with Gasteiger partial charge in [-0.25, -0.2) is 0 Å². The summed E-state index contributed by atoms with van der Waals surface area (Å²) in [6, 6.07) is 0. The van der Waals surface area contributed by atoms with Crippen LogP contribution >= 0.6 is 0 Å². The van der Waals surface area contributed by atoms with Gasteiger partial charge in [-0.1, -0.05) is 38.5 Å². The van der Waals surface area contributed by atoms with Crippen LogP contribution in [-0.2, 0) is 4.46 Å². The van der Waals surface area contributed by atoms with Crippen LogP contribution in [0.15, 0.2) is 0 Å². The van der Waals surface area contributed by atoms with E-state index in [1.165, 1.54) is 64.2 Å². The van der Waals surface area contributed by atoms with Gasteiger partial charge in [0.1, 0.15) is 0 Å². The Bertz CT molecular complexity index is 170. The summed E-state index contributed by atoms with van der Waals surface area (Å²) in [5.74, 6) is 0. The molecule has 2 rings (SSSR count). The normalized spacial score (nSPS) is 26.3. The quantitative estimate of drug-likeness (QED) is 0.628. The van der Waals surface area contributed by atoms with Crippen LogP contribution in [0.2, 0.25) is 11.1 Å². The van der Waals surface area contributed by atoms with Crippen molar-refractivity contribution in [3.63, 3.8) is 0 Å². The Labute approximate surface area is 88.9 Å². The monoisotopic (exact) mass is 210 g/mol. The Morgan fingerprint density at radius 3 is 1.36 bits per heavy atom. The smallest absolute Gasteiger partial charge is 0.283 e. The van der Waals surface area contributed by atoms with Gasteiger partial charge in [0.2, 0.25) is 0 Å². The molecule has 14 heavy (non-hydrogen) atoms. The molecule has 0 unspecified atom stereocenters. The van der Waals surface area contributed by atoms with Gasteiger partial charge in [0.25, 0.3) is 8.68 Å². The fourth-order valence-corrected chi connectivity index (χ4v) is 5.73. The highest BCUT2D eigenvalue weighted by Crippen LogP contribution is 2.38. The van der Waals surface area contributed by atoms with Gasteiger partial charge in [0, 0.05) is 11.1 Å². The fraction of sp³-hybridized carbons (Fsp3) is 1.00. The molecule has 0 bridgehead atoms. The largest absolute Gasteiger partial charge is 0.388 e. The van der Waals surface area contributed by atoms with E-state index in [9.17, 15) is 4.46 Å². The average Bonchev–Trinajstić information content (AvgIpc) is 2.30. The lowest BCUT2D eigenvalue weighted by atomic mass is 9.99. The fourth-order valence-electron chi connectivity index (χ4n) is 3.11. The average molecular weight is 210 g/mol. The van der Waals surface area contributed by atoms with Crippen molar-refractivity contribution in [1.82, 2.24) is 0 Å². The summed E-state index contributed by atoms with van der Waals surface area (Å²) in [5, 5.41) is 0. The third-order valence-electron chi connectivity index (χ3n) is 4.02. The van der Waals surface area contributed by atoms with Crippen LogP contribution in [0.25, 0.3) is 0 Å². The molecule has 2 heteroatoms. The number of hydrogen-bond donors (Lipinski definition) is 0. The first-order chi connectivity index (χ1) is 6.88. The molecular formula is C12H22OSi. The van der Waals surface area contributed by atoms with Crippen molar-refractivity contribution < 1.29 is 4.46 Å². The van der Waals surface area contributed by atoms with Gasteiger partial charge in [0.15, 0.2) is 0 Å². The minimum absolute atomic E-state index is 0.636. The molecule has 0 radical (unpaired) electrons. The lowest BCUT2D eigenvalue weighted by Gasteiger charge is -2.26. The van der Waals surface area contributed by atoms with E-state index < -0.39 is 8.68 Å². The molecule has 1 nitrogen and oxygen atoms in total. The van der Waals surface area contributed by atoms with Gasteiger partial charge < -0.3 is 4.46 Å². The second-order valence-electron chi connectivity index (χ2n) is 5.07. The minimum atomic E-state index is -1.24. The summed E-state index contributed by atoms with van der Waals surface area (Å²) < 4.78 is 12.3. The summed E-state index contributed by atoms with van der Waals surface area (Å²) in [7, 11) is -1.24. The second-order valence-corrected chi connectivity index (χ2v) is 7.51. The van der Waals surface area contributed by atoms with Crippen molar-refractivity contribution in [3.8, 4) is 0 Å². The molecule has 80 valence electrons. The van der Waals surface area contributed by atoms with Gasteiger partial charge in [0.05, 0.1) is 0 Å². The van der Waals surface area contributed by atoms with E-state index in [1.54, 1.807) is 0 Å². The highest BCUT2D eigenvalue weighted by molar-refractivity contribution is 6.46. The number of rotatable bonds is 2. The van der Waals surface area contributed by atoms with E-state index in [1.807, 2.05) is 0 Å². The van der Waals surface area contributed by atoms with E-state index in [2.05, 4.69) is 0 Å². The predicted molar refractivity (Wildman–Crippen MR) is 60.1 cm³/mol. The van der Waals surface area contributed by atoms with Crippen LogP contribution in [-0.4, -0.2) is 8.68 Å². The molecule has 2 aliphatic carbocycles. The van der Waals surface area contributed by atoms with Crippen molar-refractivity contribution >= 4 is 8.68 Å². The molecule has 0 aliphatic heterocycles. The molecule has 0 N–H and O–H groups in total. The molecule has 0 aromatic carbocycles. The maximum absolute atomic E-state index is 12.3. The number of hydrogen-bond acceptors (Lipinski definition) is 1. The third-order valence-corrected chi connectivity index (χ3v) is 6.78. The topological polar surface area (TPSA) is 17.1 Å². The molecule has 0 aromatic rings. The Hall–Kier alpha value is 0.0169. The second kappa shape index (κ2) is 5.20.